The lowest BCUT2D eigenvalue weighted by Crippen LogP contribution is -2.40. The summed E-state index contributed by atoms with van der Waals surface area (Å²) in [5.41, 5.74) is 0.506. The van der Waals surface area contributed by atoms with Crippen LogP contribution in [0, 0.1) is 3.57 Å². The van der Waals surface area contributed by atoms with Gasteiger partial charge < -0.3 is 5.32 Å². The van der Waals surface area contributed by atoms with Crippen LogP contribution in [0.2, 0.25) is 5.02 Å². The number of carbonyl (C=O) groups is 1. The lowest BCUT2D eigenvalue weighted by atomic mass is 9.92. The minimum Gasteiger partial charge on any atom is -0.349 e. The first kappa shape index (κ1) is 15.0. The molecule has 2 nitrogen and oxygen atoms in total. The third-order valence-corrected chi connectivity index (χ3v) is 4.78. The second kappa shape index (κ2) is 5.91. The van der Waals surface area contributed by atoms with Gasteiger partial charge in [0.15, 0.2) is 0 Å². The van der Waals surface area contributed by atoms with Crippen molar-refractivity contribution in [3.63, 3.8) is 0 Å². The highest BCUT2D eigenvalue weighted by atomic mass is 127. The first-order chi connectivity index (χ1) is 8.87. The average Bonchev–Trinajstić information content (AvgIpc) is 2.35. The van der Waals surface area contributed by atoms with Crippen molar-refractivity contribution in [3.05, 3.63) is 32.4 Å². The molecular formula is C13H13ClF2INO. The molecule has 0 aliphatic heterocycles. The molecule has 19 heavy (non-hydrogen) atoms. The topological polar surface area (TPSA) is 29.1 Å². The van der Waals surface area contributed by atoms with Crippen LogP contribution >= 0.6 is 34.2 Å². The largest absolute Gasteiger partial charge is 0.349 e. The SMILES string of the molecule is O=C(NC1CCC(F)(F)CC1)c1ccc(Cl)c(I)c1. The number of carbonyl (C=O) groups excluding carboxylic acids is 1. The van der Waals surface area contributed by atoms with E-state index in [2.05, 4.69) is 5.32 Å². The molecule has 1 saturated carbocycles. The first-order valence-corrected chi connectivity index (χ1v) is 7.47. The van der Waals surface area contributed by atoms with Crippen molar-refractivity contribution in [1.82, 2.24) is 5.32 Å². The fourth-order valence-electron chi connectivity index (χ4n) is 2.09. The molecule has 1 fully saturated rings. The van der Waals surface area contributed by atoms with E-state index in [1.54, 1.807) is 18.2 Å². The Morgan fingerprint density at radius 3 is 2.58 bits per heavy atom. The molecular weight excluding hydrogens is 387 g/mol. The third kappa shape index (κ3) is 4.02. The standard InChI is InChI=1S/C13H13ClF2INO/c14-10-2-1-8(7-11(10)17)12(19)18-9-3-5-13(15,16)6-4-9/h1-2,7,9H,3-6H2,(H,18,19). The van der Waals surface area contributed by atoms with Gasteiger partial charge >= 0.3 is 0 Å². The number of halogens is 4. The maximum atomic E-state index is 13.0. The molecule has 0 unspecified atom stereocenters. The van der Waals surface area contributed by atoms with Gasteiger partial charge in [0, 0.05) is 28.0 Å². The molecule has 1 amide bonds. The van der Waals surface area contributed by atoms with Crippen molar-refractivity contribution in [3.8, 4) is 0 Å². The molecule has 1 aromatic rings. The number of alkyl halides is 2. The third-order valence-electron chi connectivity index (χ3n) is 3.23. The van der Waals surface area contributed by atoms with Gasteiger partial charge in [-0.05, 0) is 53.6 Å². The molecule has 1 aromatic carbocycles. The predicted octanol–water partition coefficient (Wildman–Crippen LogP) is 4.25. The summed E-state index contributed by atoms with van der Waals surface area (Å²) in [4.78, 5) is 12.0. The van der Waals surface area contributed by atoms with Crippen LogP contribution in [-0.4, -0.2) is 17.9 Å². The smallest absolute Gasteiger partial charge is 0.251 e. The quantitative estimate of drug-likeness (QED) is 0.740. The monoisotopic (exact) mass is 399 g/mol. The van der Waals surface area contributed by atoms with Crippen LogP contribution in [0.25, 0.3) is 0 Å². The molecule has 0 saturated heterocycles. The van der Waals surface area contributed by atoms with Gasteiger partial charge in [0.25, 0.3) is 5.91 Å². The summed E-state index contributed by atoms with van der Waals surface area (Å²) in [6, 6.07) is 4.82. The van der Waals surface area contributed by atoms with E-state index < -0.39 is 5.92 Å². The van der Waals surface area contributed by atoms with Crippen molar-refractivity contribution in [2.75, 3.05) is 0 Å². The van der Waals surface area contributed by atoms with E-state index in [0.29, 0.717) is 23.4 Å². The maximum Gasteiger partial charge on any atom is 0.251 e. The lowest BCUT2D eigenvalue weighted by molar-refractivity contribution is -0.0399. The fraction of sp³-hybridized carbons (Fsp3) is 0.462. The molecule has 0 radical (unpaired) electrons. The molecule has 1 aliphatic rings. The Balaban J connectivity index is 1.96. The number of hydrogen-bond donors (Lipinski definition) is 1. The van der Waals surface area contributed by atoms with Crippen LogP contribution < -0.4 is 5.32 Å². The van der Waals surface area contributed by atoms with Crippen molar-refractivity contribution in [1.29, 1.82) is 0 Å². The van der Waals surface area contributed by atoms with E-state index in [0.717, 1.165) is 3.57 Å². The zero-order chi connectivity index (χ0) is 14.0. The van der Waals surface area contributed by atoms with E-state index in [-0.39, 0.29) is 24.8 Å². The van der Waals surface area contributed by atoms with E-state index in [9.17, 15) is 13.6 Å². The number of benzene rings is 1. The van der Waals surface area contributed by atoms with E-state index in [1.165, 1.54) is 0 Å². The van der Waals surface area contributed by atoms with E-state index >= 15 is 0 Å². The molecule has 1 N–H and O–H groups in total. The number of hydrogen-bond acceptors (Lipinski definition) is 1. The van der Waals surface area contributed by atoms with Gasteiger partial charge in [0.2, 0.25) is 5.92 Å². The van der Waals surface area contributed by atoms with Gasteiger partial charge in [-0.3, -0.25) is 4.79 Å². The maximum absolute atomic E-state index is 13.0. The summed E-state index contributed by atoms with van der Waals surface area (Å²) in [5.74, 6) is -2.80. The molecule has 1 aliphatic carbocycles. The highest BCUT2D eigenvalue weighted by molar-refractivity contribution is 14.1. The summed E-state index contributed by atoms with van der Waals surface area (Å²) in [5, 5.41) is 3.39. The summed E-state index contributed by atoms with van der Waals surface area (Å²) in [6.45, 7) is 0. The molecule has 104 valence electrons. The van der Waals surface area contributed by atoms with Crippen LogP contribution in [0.15, 0.2) is 18.2 Å². The normalized spacial score (nSPS) is 19.2. The van der Waals surface area contributed by atoms with Crippen molar-refractivity contribution >= 4 is 40.1 Å². The predicted molar refractivity (Wildman–Crippen MR) is 78.8 cm³/mol. The Kier molecular flexibility index (Phi) is 4.66. The van der Waals surface area contributed by atoms with Crippen LogP contribution in [0.3, 0.4) is 0 Å². The number of rotatable bonds is 2. The molecule has 6 heteroatoms. The van der Waals surface area contributed by atoms with Gasteiger partial charge in [-0.15, -0.1) is 0 Å². The zero-order valence-corrected chi connectivity index (χ0v) is 13.0. The summed E-state index contributed by atoms with van der Waals surface area (Å²) in [6.07, 6.45) is 0.332. The summed E-state index contributed by atoms with van der Waals surface area (Å²) >= 11 is 7.93. The Bertz CT molecular complexity index is 486. The Morgan fingerprint density at radius 1 is 1.37 bits per heavy atom. The fourth-order valence-corrected chi connectivity index (χ4v) is 2.72. The van der Waals surface area contributed by atoms with Crippen LogP contribution in [-0.2, 0) is 0 Å². The Morgan fingerprint density at radius 2 is 2.00 bits per heavy atom. The number of nitrogens with one attached hydrogen (secondary N) is 1. The highest BCUT2D eigenvalue weighted by Gasteiger charge is 2.35. The van der Waals surface area contributed by atoms with Gasteiger partial charge in [0.1, 0.15) is 0 Å². The highest BCUT2D eigenvalue weighted by Crippen LogP contribution is 2.33. The van der Waals surface area contributed by atoms with Crippen LogP contribution in [0.5, 0.6) is 0 Å². The van der Waals surface area contributed by atoms with Crippen LogP contribution in [0.1, 0.15) is 36.0 Å². The van der Waals surface area contributed by atoms with Gasteiger partial charge in [-0.1, -0.05) is 11.6 Å². The van der Waals surface area contributed by atoms with E-state index in [1.807, 2.05) is 22.6 Å². The minimum atomic E-state index is -2.57. The zero-order valence-electron chi connectivity index (χ0n) is 10.1. The summed E-state index contributed by atoms with van der Waals surface area (Å²) in [7, 11) is 0. The lowest BCUT2D eigenvalue weighted by Gasteiger charge is -2.28. The second-order valence-corrected chi connectivity index (χ2v) is 6.30. The van der Waals surface area contributed by atoms with Crippen molar-refractivity contribution < 1.29 is 13.6 Å². The molecule has 0 bridgehead atoms. The van der Waals surface area contributed by atoms with Gasteiger partial charge in [-0.25, -0.2) is 8.78 Å². The average molecular weight is 400 g/mol. The van der Waals surface area contributed by atoms with Crippen LogP contribution in [0.4, 0.5) is 8.78 Å². The summed E-state index contributed by atoms with van der Waals surface area (Å²) < 4.78 is 26.8. The second-order valence-electron chi connectivity index (χ2n) is 4.73. The first-order valence-electron chi connectivity index (χ1n) is 6.01. The van der Waals surface area contributed by atoms with Crippen molar-refractivity contribution in [2.45, 2.75) is 37.6 Å². The van der Waals surface area contributed by atoms with E-state index in [4.69, 9.17) is 11.6 Å². The van der Waals surface area contributed by atoms with Gasteiger partial charge in [-0.2, -0.15) is 0 Å². The number of amides is 1. The Hall–Kier alpha value is -0.430. The van der Waals surface area contributed by atoms with Crippen molar-refractivity contribution in [2.24, 2.45) is 0 Å². The molecule has 2 rings (SSSR count). The Labute approximate surface area is 129 Å². The minimum absolute atomic E-state index is 0.157. The van der Waals surface area contributed by atoms with Gasteiger partial charge in [0.05, 0.1) is 5.02 Å². The molecule has 0 atom stereocenters. The molecule has 0 aromatic heterocycles. The molecule has 0 spiro atoms. The molecule has 0 heterocycles.